The number of rotatable bonds is 10. The van der Waals surface area contributed by atoms with Crippen LogP contribution in [-0.2, 0) is 6.42 Å². The Labute approximate surface area is 231 Å². The Morgan fingerprint density at radius 1 is 1.00 bits per heavy atom. The molecule has 0 fully saturated rings. The molecule has 0 N–H and O–H groups in total. The second-order valence-electron chi connectivity index (χ2n) is 10.5. The number of carbonyl (C=O) groups is 1. The van der Waals surface area contributed by atoms with Crippen molar-refractivity contribution in [3.05, 3.63) is 74.6 Å². The molecule has 0 saturated carbocycles. The van der Waals surface area contributed by atoms with Gasteiger partial charge in [0, 0.05) is 6.42 Å². The summed E-state index contributed by atoms with van der Waals surface area (Å²) in [6.45, 7) is 11.4. The molecule has 2 aromatic carbocycles. The third-order valence-electron chi connectivity index (χ3n) is 6.56. The molecule has 0 bridgehead atoms. The zero-order valence-corrected chi connectivity index (χ0v) is 23.7. The van der Waals surface area contributed by atoms with E-state index in [1.54, 1.807) is 24.3 Å². The third kappa shape index (κ3) is 5.28. The molecule has 204 valence electrons. The van der Waals surface area contributed by atoms with Crippen LogP contribution in [0.5, 0.6) is 11.5 Å². The van der Waals surface area contributed by atoms with Gasteiger partial charge >= 0.3 is 0 Å². The highest BCUT2D eigenvalue weighted by Crippen LogP contribution is 2.44. The van der Waals surface area contributed by atoms with Gasteiger partial charge < -0.3 is 13.9 Å². The summed E-state index contributed by atoms with van der Waals surface area (Å²) in [7, 11) is 0. The molecule has 2 aromatic heterocycles. The largest absolute Gasteiger partial charge is 0.490 e. The molecule has 39 heavy (non-hydrogen) atoms. The van der Waals surface area contributed by atoms with Gasteiger partial charge in [0.25, 0.3) is 5.91 Å². The van der Waals surface area contributed by atoms with E-state index in [4.69, 9.17) is 13.9 Å². The Bertz CT molecular complexity index is 1560. The molecular weight excluding hydrogens is 514 g/mol. The smallest absolute Gasteiger partial charge is 0.297 e. The van der Waals surface area contributed by atoms with Crippen molar-refractivity contribution in [2.75, 3.05) is 18.1 Å². The lowest BCUT2D eigenvalue weighted by atomic mass is 9.98. The SMILES string of the molecule is CCOc1cc(C2c3c(oc4ccccc4c3=O)C(=O)N2c2nnc(CC(C)C)s2)ccc1OCCC(C)C. The second-order valence-corrected chi connectivity index (χ2v) is 11.5. The van der Waals surface area contributed by atoms with E-state index in [1.165, 1.54) is 16.2 Å². The summed E-state index contributed by atoms with van der Waals surface area (Å²) in [6, 6.07) is 11.8. The van der Waals surface area contributed by atoms with Gasteiger partial charge in [-0.2, -0.15) is 0 Å². The fourth-order valence-electron chi connectivity index (χ4n) is 4.69. The van der Waals surface area contributed by atoms with Gasteiger partial charge in [-0.3, -0.25) is 14.5 Å². The van der Waals surface area contributed by atoms with Crippen LogP contribution in [0.1, 0.15) is 73.8 Å². The Hall–Kier alpha value is -3.72. The first-order valence-electron chi connectivity index (χ1n) is 13.4. The van der Waals surface area contributed by atoms with Crippen LogP contribution >= 0.6 is 11.3 Å². The number of fused-ring (bicyclic) bond motifs is 2. The maximum atomic E-state index is 13.9. The van der Waals surface area contributed by atoms with Crippen molar-refractivity contribution in [2.24, 2.45) is 11.8 Å². The molecule has 5 rings (SSSR count). The normalized spacial score (nSPS) is 15.0. The summed E-state index contributed by atoms with van der Waals surface area (Å²) in [5.74, 6) is 1.69. The number of amides is 1. The van der Waals surface area contributed by atoms with Crippen molar-refractivity contribution in [3.63, 3.8) is 0 Å². The highest BCUT2D eigenvalue weighted by atomic mass is 32.1. The number of benzene rings is 2. The second kappa shape index (κ2) is 11.2. The van der Waals surface area contributed by atoms with Crippen LogP contribution in [0, 0.1) is 11.8 Å². The standard InChI is InChI=1S/C30H33N3O5S/c1-6-36-23-16-19(11-12-22(23)37-14-13-17(2)3)26-25-27(34)20-9-7-8-10-21(20)38-28(25)29(35)33(26)30-32-31-24(39-30)15-18(4)5/h7-12,16-18,26H,6,13-15H2,1-5H3. The van der Waals surface area contributed by atoms with Crippen molar-refractivity contribution in [3.8, 4) is 11.5 Å². The number of nitrogens with zero attached hydrogens (tertiary/aromatic N) is 3. The van der Waals surface area contributed by atoms with E-state index in [2.05, 4.69) is 37.9 Å². The van der Waals surface area contributed by atoms with Crippen molar-refractivity contribution in [2.45, 2.75) is 53.5 Å². The van der Waals surface area contributed by atoms with Gasteiger partial charge in [0.2, 0.25) is 10.9 Å². The summed E-state index contributed by atoms with van der Waals surface area (Å²) < 4.78 is 18.0. The summed E-state index contributed by atoms with van der Waals surface area (Å²) in [4.78, 5) is 29.2. The highest BCUT2D eigenvalue weighted by molar-refractivity contribution is 7.15. The minimum Gasteiger partial charge on any atom is -0.490 e. The monoisotopic (exact) mass is 547 g/mol. The van der Waals surface area contributed by atoms with E-state index >= 15 is 0 Å². The van der Waals surface area contributed by atoms with Crippen LogP contribution in [0.15, 0.2) is 51.7 Å². The van der Waals surface area contributed by atoms with E-state index in [0.717, 1.165) is 17.8 Å². The highest BCUT2D eigenvalue weighted by Gasteiger charge is 2.45. The van der Waals surface area contributed by atoms with Crippen molar-refractivity contribution >= 4 is 33.3 Å². The molecule has 4 aromatic rings. The minimum absolute atomic E-state index is 0.0273. The number of para-hydroxylation sites is 1. The van der Waals surface area contributed by atoms with Crippen molar-refractivity contribution < 1.29 is 18.7 Å². The Morgan fingerprint density at radius 2 is 1.79 bits per heavy atom. The van der Waals surface area contributed by atoms with Crippen LogP contribution in [-0.4, -0.2) is 29.3 Å². The van der Waals surface area contributed by atoms with Gasteiger partial charge in [-0.05, 0) is 55.0 Å². The molecule has 0 spiro atoms. The van der Waals surface area contributed by atoms with Gasteiger partial charge in [-0.15, -0.1) is 10.2 Å². The van der Waals surface area contributed by atoms with E-state index in [1.807, 2.05) is 25.1 Å². The molecule has 1 unspecified atom stereocenters. The fraction of sp³-hybridized carbons (Fsp3) is 0.400. The maximum absolute atomic E-state index is 13.9. The molecule has 0 aliphatic carbocycles. The van der Waals surface area contributed by atoms with Crippen LogP contribution in [0.3, 0.4) is 0 Å². The lowest BCUT2D eigenvalue weighted by Crippen LogP contribution is -2.29. The molecule has 1 atom stereocenters. The topological polar surface area (TPSA) is 94.8 Å². The fourth-order valence-corrected chi connectivity index (χ4v) is 5.77. The van der Waals surface area contributed by atoms with Gasteiger partial charge in [-0.25, -0.2) is 0 Å². The van der Waals surface area contributed by atoms with Crippen LogP contribution < -0.4 is 19.8 Å². The number of aromatic nitrogens is 2. The summed E-state index contributed by atoms with van der Waals surface area (Å²) in [5.41, 5.74) is 1.12. The molecule has 9 heteroatoms. The van der Waals surface area contributed by atoms with Crippen LogP contribution in [0.25, 0.3) is 11.0 Å². The molecule has 3 heterocycles. The first-order valence-corrected chi connectivity index (χ1v) is 14.2. The summed E-state index contributed by atoms with van der Waals surface area (Å²) >= 11 is 1.36. The van der Waals surface area contributed by atoms with Gasteiger partial charge in [0.15, 0.2) is 16.9 Å². The Balaban J connectivity index is 1.65. The van der Waals surface area contributed by atoms with E-state index < -0.39 is 11.9 Å². The average Bonchev–Trinajstić information content (AvgIpc) is 3.46. The zero-order chi connectivity index (χ0) is 27.7. The van der Waals surface area contributed by atoms with Gasteiger partial charge in [-0.1, -0.05) is 57.2 Å². The predicted octanol–water partition coefficient (Wildman–Crippen LogP) is 6.42. The lowest BCUT2D eigenvalue weighted by Gasteiger charge is -2.23. The Kier molecular flexibility index (Phi) is 7.70. The van der Waals surface area contributed by atoms with Gasteiger partial charge in [0.1, 0.15) is 10.6 Å². The first-order chi connectivity index (χ1) is 18.8. The molecule has 0 saturated heterocycles. The molecular formula is C30H33N3O5S. The van der Waals surface area contributed by atoms with Crippen LogP contribution in [0.4, 0.5) is 5.13 Å². The molecule has 1 aliphatic rings. The predicted molar refractivity (Wildman–Crippen MR) is 152 cm³/mol. The maximum Gasteiger partial charge on any atom is 0.297 e. The number of hydrogen-bond acceptors (Lipinski definition) is 8. The number of carbonyl (C=O) groups excluding carboxylic acids is 1. The molecule has 0 radical (unpaired) electrons. The lowest BCUT2D eigenvalue weighted by molar-refractivity contribution is 0.0970. The van der Waals surface area contributed by atoms with E-state index in [9.17, 15) is 9.59 Å². The van der Waals surface area contributed by atoms with Crippen LogP contribution in [0.2, 0.25) is 0 Å². The number of ether oxygens (including phenoxy) is 2. The first kappa shape index (κ1) is 26.9. The molecule has 8 nitrogen and oxygen atoms in total. The zero-order valence-electron chi connectivity index (χ0n) is 22.9. The van der Waals surface area contributed by atoms with Crippen molar-refractivity contribution in [1.82, 2.24) is 10.2 Å². The number of hydrogen-bond donors (Lipinski definition) is 0. The number of anilines is 1. The van der Waals surface area contributed by atoms with Gasteiger partial charge in [0.05, 0.1) is 30.2 Å². The third-order valence-corrected chi connectivity index (χ3v) is 7.50. The van der Waals surface area contributed by atoms with E-state index in [0.29, 0.717) is 58.2 Å². The summed E-state index contributed by atoms with van der Waals surface area (Å²) in [6.07, 6.45) is 1.66. The minimum atomic E-state index is -0.753. The molecule has 1 aliphatic heterocycles. The van der Waals surface area contributed by atoms with E-state index in [-0.39, 0.29) is 16.8 Å². The Morgan fingerprint density at radius 3 is 2.54 bits per heavy atom. The summed E-state index contributed by atoms with van der Waals surface area (Å²) in [5, 5.41) is 10.4. The molecule has 1 amide bonds. The quantitative estimate of drug-likeness (QED) is 0.226. The van der Waals surface area contributed by atoms with Crippen molar-refractivity contribution in [1.29, 1.82) is 0 Å². The average molecular weight is 548 g/mol.